The van der Waals surface area contributed by atoms with E-state index in [0.29, 0.717) is 34.1 Å². The molecule has 4 aromatic rings. The van der Waals surface area contributed by atoms with Gasteiger partial charge in [0.25, 0.3) is 5.91 Å². The van der Waals surface area contributed by atoms with Crippen LogP contribution in [0.25, 0.3) is 22.2 Å². The van der Waals surface area contributed by atoms with E-state index in [4.69, 9.17) is 10.9 Å². The quantitative estimate of drug-likeness (QED) is 0.165. The first-order chi connectivity index (χ1) is 19.1. The number of carboxylic acid groups (broad SMARTS) is 1. The van der Waals surface area contributed by atoms with Crippen molar-refractivity contribution in [3.8, 4) is 23.1 Å². The van der Waals surface area contributed by atoms with E-state index < -0.39 is 21.9 Å². The molecule has 5 rings (SSSR count). The predicted molar refractivity (Wildman–Crippen MR) is 148 cm³/mol. The van der Waals surface area contributed by atoms with Gasteiger partial charge in [-0.15, -0.1) is 0 Å². The van der Waals surface area contributed by atoms with Gasteiger partial charge in [0.2, 0.25) is 10.0 Å². The van der Waals surface area contributed by atoms with Gasteiger partial charge in [-0.3, -0.25) is 19.6 Å². The van der Waals surface area contributed by atoms with Gasteiger partial charge in [0.15, 0.2) is 0 Å². The van der Waals surface area contributed by atoms with Crippen LogP contribution >= 0.6 is 0 Å². The Morgan fingerprint density at radius 3 is 2.30 bits per heavy atom. The van der Waals surface area contributed by atoms with E-state index >= 15 is 0 Å². The molecule has 202 valence electrons. The van der Waals surface area contributed by atoms with Crippen LogP contribution in [0.3, 0.4) is 0 Å². The van der Waals surface area contributed by atoms with Crippen LogP contribution in [0.5, 0.6) is 0 Å². The molecule has 3 N–H and O–H groups in total. The molecule has 1 amide bonds. The van der Waals surface area contributed by atoms with Crippen LogP contribution < -0.4 is 5.84 Å². The lowest BCUT2D eigenvalue weighted by atomic mass is 10.0. The summed E-state index contributed by atoms with van der Waals surface area (Å²) in [5, 5.41) is 10.8. The summed E-state index contributed by atoms with van der Waals surface area (Å²) in [6.45, 7) is 0.160. The highest BCUT2D eigenvalue weighted by Crippen LogP contribution is 2.26. The SMILES string of the molecule is CN(N)C(=O)c1cc(-c2ccc(C#Cc3ccc(S(=O)(=O)N4CCC(C(=O)O)C4)cc3)cc2)nc2ccncc12. The summed E-state index contributed by atoms with van der Waals surface area (Å²) < 4.78 is 26.9. The zero-order valence-corrected chi connectivity index (χ0v) is 22.3. The summed E-state index contributed by atoms with van der Waals surface area (Å²) in [7, 11) is -2.28. The Kier molecular flexibility index (Phi) is 7.32. The van der Waals surface area contributed by atoms with E-state index in [-0.39, 0.29) is 23.9 Å². The van der Waals surface area contributed by atoms with E-state index in [1.54, 1.807) is 36.7 Å². The first-order valence-corrected chi connectivity index (χ1v) is 13.8. The monoisotopic (exact) mass is 555 g/mol. The highest BCUT2D eigenvalue weighted by Gasteiger charge is 2.35. The van der Waals surface area contributed by atoms with Crippen LogP contribution in [0.15, 0.2) is 78.0 Å². The zero-order valence-electron chi connectivity index (χ0n) is 21.5. The van der Waals surface area contributed by atoms with Crippen molar-refractivity contribution in [3.63, 3.8) is 0 Å². The van der Waals surface area contributed by atoms with Crippen LogP contribution in [0, 0.1) is 17.8 Å². The van der Waals surface area contributed by atoms with Crippen molar-refractivity contribution in [1.82, 2.24) is 19.3 Å². The van der Waals surface area contributed by atoms with E-state index in [2.05, 4.69) is 21.8 Å². The van der Waals surface area contributed by atoms with Crippen molar-refractivity contribution >= 4 is 32.8 Å². The number of rotatable bonds is 5. The molecule has 1 unspecified atom stereocenters. The fourth-order valence-electron chi connectivity index (χ4n) is 4.46. The van der Waals surface area contributed by atoms with Gasteiger partial charge in [-0.1, -0.05) is 24.0 Å². The van der Waals surface area contributed by atoms with Gasteiger partial charge >= 0.3 is 5.97 Å². The lowest BCUT2D eigenvalue weighted by molar-refractivity contribution is -0.141. The van der Waals surface area contributed by atoms with E-state index in [1.807, 2.05) is 24.3 Å². The zero-order chi connectivity index (χ0) is 28.4. The number of benzene rings is 2. The fourth-order valence-corrected chi connectivity index (χ4v) is 5.96. The normalized spacial score (nSPS) is 15.4. The van der Waals surface area contributed by atoms with Gasteiger partial charge in [-0.25, -0.2) is 19.2 Å². The third-order valence-electron chi connectivity index (χ3n) is 6.69. The van der Waals surface area contributed by atoms with Crippen molar-refractivity contribution < 1.29 is 23.1 Å². The molecule has 0 aliphatic carbocycles. The molecule has 0 radical (unpaired) electrons. The number of carbonyl (C=O) groups is 2. The third-order valence-corrected chi connectivity index (χ3v) is 8.56. The van der Waals surface area contributed by atoms with Gasteiger partial charge in [-0.2, -0.15) is 4.31 Å². The number of pyridine rings is 2. The molecule has 40 heavy (non-hydrogen) atoms. The summed E-state index contributed by atoms with van der Waals surface area (Å²) in [5.41, 5.74) is 3.79. The molecule has 3 heterocycles. The fraction of sp³-hybridized carbons (Fsp3) is 0.172. The number of hydrogen-bond donors (Lipinski definition) is 2. The average Bonchev–Trinajstić information content (AvgIpc) is 3.48. The Morgan fingerprint density at radius 2 is 1.70 bits per heavy atom. The lowest BCUT2D eigenvalue weighted by Gasteiger charge is -2.15. The number of fused-ring (bicyclic) bond motifs is 1. The Hall–Kier alpha value is -4.63. The Labute approximate surface area is 231 Å². The maximum absolute atomic E-state index is 12.9. The molecule has 0 spiro atoms. The first-order valence-electron chi connectivity index (χ1n) is 12.4. The summed E-state index contributed by atoms with van der Waals surface area (Å²) in [5.74, 6) is 9.77. The number of nitrogens with two attached hydrogens (primary N) is 1. The molecule has 10 nitrogen and oxygen atoms in total. The van der Waals surface area contributed by atoms with Crippen molar-refractivity contribution in [2.75, 3.05) is 20.1 Å². The molecule has 0 bridgehead atoms. The number of nitrogens with zero attached hydrogens (tertiary/aromatic N) is 4. The molecule has 1 fully saturated rings. The smallest absolute Gasteiger partial charge is 0.307 e. The molecule has 1 saturated heterocycles. The largest absolute Gasteiger partial charge is 0.481 e. The van der Waals surface area contributed by atoms with Crippen molar-refractivity contribution in [2.24, 2.45) is 11.8 Å². The Morgan fingerprint density at radius 1 is 1.05 bits per heavy atom. The summed E-state index contributed by atoms with van der Waals surface area (Å²) >= 11 is 0. The van der Waals surface area contributed by atoms with Crippen LogP contribution in [-0.2, 0) is 14.8 Å². The van der Waals surface area contributed by atoms with Gasteiger partial charge < -0.3 is 5.11 Å². The Bertz CT molecular complexity index is 1780. The van der Waals surface area contributed by atoms with Gasteiger partial charge in [0.05, 0.1) is 27.6 Å². The molecule has 1 aliphatic rings. The highest BCUT2D eigenvalue weighted by atomic mass is 32.2. The maximum atomic E-state index is 12.9. The topological polar surface area (TPSA) is 147 Å². The van der Waals surface area contributed by atoms with E-state index in [1.165, 1.54) is 23.5 Å². The molecular formula is C29H25N5O5S. The number of hydrogen-bond acceptors (Lipinski definition) is 7. The van der Waals surface area contributed by atoms with Gasteiger partial charge in [-0.05, 0) is 55.0 Å². The number of hydrazine groups is 1. The minimum Gasteiger partial charge on any atom is -0.481 e. The van der Waals surface area contributed by atoms with Crippen molar-refractivity contribution in [1.29, 1.82) is 0 Å². The van der Waals surface area contributed by atoms with Crippen LogP contribution in [0.4, 0.5) is 0 Å². The number of amides is 1. The average molecular weight is 556 g/mol. The summed E-state index contributed by atoms with van der Waals surface area (Å²) in [6.07, 6.45) is 3.50. The molecule has 0 saturated carbocycles. The van der Waals surface area contributed by atoms with Gasteiger partial charge in [0, 0.05) is 54.6 Å². The standard InChI is InChI=1S/C29H25N5O5S/c1-33(30)28(35)24-16-27(32-26-12-14-31-17-25(24)26)21-8-4-19(5-9-21)2-3-20-6-10-23(11-7-20)40(38,39)34-15-13-22(18-34)29(36)37/h4-12,14,16-17,22H,13,15,18,30H2,1H3,(H,36,37). The summed E-state index contributed by atoms with van der Waals surface area (Å²) in [6, 6.07) is 17.0. The van der Waals surface area contributed by atoms with E-state index in [9.17, 15) is 18.0 Å². The summed E-state index contributed by atoms with van der Waals surface area (Å²) in [4.78, 5) is 32.7. The number of aromatic nitrogens is 2. The van der Waals surface area contributed by atoms with Crippen molar-refractivity contribution in [2.45, 2.75) is 11.3 Å². The minimum absolute atomic E-state index is 0.0250. The predicted octanol–water partition coefficient (Wildman–Crippen LogP) is 2.74. The van der Waals surface area contributed by atoms with Gasteiger partial charge in [0.1, 0.15) is 0 Å². The maximum Gasteiger partial charge on any atom is 0.307 e. The second-order valence-electron chi connectivity index (χ2n) is 9.40. The molecule has 2 aromatic heterocycles. The molecular weight excluding hydrogens is 530 g/mol. The molecule has 1 aliphatic heterocycles. The molecule has 2 aromatic carbocycles. The molecule has 1 atom stereocenters. The second-order valence-corrected chi connectivity index (χ2v) is 11.3. The lowest BCUT2D eigenvalue weighted by Crippen LogP contribution is -2.33. The number of sulfonamides is 1. The minimum atomic E-state index is -3.77. The van der Waals surface area contributed by atoms with E-state index in [0.717, 1.165) is 16.1 Å². The molecule has 11 heteroatoms. The van der Waals surface area contributed by atoms with Crippen molar-refractivity contribution in [3.05, 3.63) is 89.7 Å². The Balaban J connectivity index is 1.34. The second kappa shape index (κ2) is 10.9. The number of aliphatic carboxylic acids is 1. The van der Waals surface area contributed by atoms with Crippen LogP contribution in [0.1, 0.15) is 27.9 Å². The van der Waals surface area contributed by atoms with Crippen LogP contribution in [-0.4, -0.2) is 64.8 Å². The number of carbonyl (C=O) groups excluding carboxylic acids is 1. The van der Waals surface area contributed by atoms with Crippen LogP contribution in [0.2, 0.25) is 0 Å². The number of carboxylic acids is 1. The highest BCUT2D eigenvalue weighted by molar-refractivity contribution is 7.89. The first kappa shape index (κ1) is 27.0. The third kappa shape index (κ3) is 5.41.